The van der Waals surface area contributed by atoms with Gasteiger partial charge in [-0.1, -0.05) is 13.0 Å². The van der Waals surface area contributed by atoms with Gasteiger partial charge >= 0.3 is 0 Å². The van der Waals surface area contributed by atoms with Gasteiger partial charge in [-0.25, -0.2) is 8.78 Å². The molecule has 4 heteroatoms. The van der Waals surface area contributed by atoms with Gasteiger partial charge in [0.2, 0.25) is 0 Å². The van der Waals surface area contributed by atoms with Crippen LogP contribution in [0, 0.1) is 17.6 Å². The van der Waals surface area contributed by atoms with Crippen molar-refractivity contribution in [2.45, 2.75) is 19.9 Å². The van der Waals surface area contributed by atoms with E-state index in [0.29, 0.717) is 18.3 Å². The molecule has 0 heterocycles. The molecule has 0 radical (unpaired) electrons. The summed E-state index contributed by atoms with van der Waals surface area (Å²) in [6, 6.07) is 3.90. The van der Waals surface area contributed by atoms with Gasteiger partial charge in [-0.15, -0.1) is 11.6 Å². The molecule has 0 saturated carbocycles. The highest BCUT2D eigenvalue weighted by molar-refractivity contribution is 6.17. The number of alkyl halides is 1. The van der Waals surface area contributed by atoms with Crippen molar-refractivity contribution in [2.24, 2.45) is 5.92 Å². The summed E-state index contributed by atoms with van der Waals surface area (Å²) in [5.41, 5.74) is 0.0978. The minimum absolute atomic E-state index is 0.0978. The molecule has 1 aromatic carbocycles. The topological polar surface area (TPSA) is 12.0 Å². The van der Waals surface area contributed by atoms with E-state index in [1.165, 1.54) is 18.2 Å². The van der Waals surface area contributed by atoms with Crippen LogP contribution in [0.2, 0.25) is 0 Å². The molecule has 0 amide bonds. The first-order chi connectivity index (χ1) is 7.65. The van der Waals surface area contributed by atoms with Gasteiger partial charge in [-0.2, -0.15) is 0 Å². The Kier molecular flexibility index (Phi) is 5.71. The van der Waals surface area contributed by atoms with Gasteiger partial charge in [0.25, 0.3) is 0 Å². The molecule has 1 N–H and O–H groups in total. The van der Waals surface area contributed by atoms with Crippen LogP contribution in [0.3, 0.4) is 0 Å². The Morgan fingerprint density at radius 3 is 2.50 bits per heavy atom. The molecule has 1 nitrogen and oxygen atoms in total. The highest BCUT2D eigenvalue weighted by Crippen LogP contribution is 2.11. The van der Waals surface area contributed by atoms with Crippen LogP contribution in [0.5, 0.6) is 0 Å². The Labute approximate surface area is 99.8 Å². The van der Waals surface area contributed by atoms with Crippen molar-refractivity contribution < 1.29 is 8.78 Å². The van der Waals surface area contributed by atoms with E-state index in [1.807, 2.05) is 6.92 Å². The maximum absolute atomic E-state index is 13.2. The lowest BCUT2D eigenvalue weighted by Crippen LogP contribution is -2.22. The highest BCUT2D eigenvalue weighted by atomic mass is 35.5. The first kappa shape index (κ1) is 13.4. The number of hydrogen-bond acceptors (Lipinski definition) is 1. The zero-order valence-corrected chi connectivity index (χ0v) is 10.0. The predicted octanol–water partition coefficient (Wildman–Crippen LogP) is 3.32. The molecule has 1 atom stereocenters. The zero-order valence-electron chi connectivity index (χ0n) is 9.27. The summed E-state index contributed by atoms with van der Waals surface area (Å²) >= 11 is 5.59. The fraction of sp³-hybridized carbons (Fsp3) is 0.500. The van der Waals surface area contributed by atoms with Crippen LogP contribution in [-0.4, -0.2) is 12.4 Å². The second kappa shape index (κ2) is 6.81. The second-order valence-electron chi connectivity index (χ2n) is 3.91. The summed E-state index contributed by atoms with van der Waals surface area (Å²) in [6.07, 6.45) is 0.897. The molecule has 0 aliphatic heterocycles. The van der Waals surface area contributed by atoms with E-state index < -0.39 is 11.6 Å². The Bertz CT molecular complexity index is 311. The molecule has 0 fully saturated rings. The van der Waals surface area contributed by atoms with Gasteiger partial charge in [-0.3, -0.25) is 0 Å². The van der Waals surface area contributed by atoms with E-state index in [9.17, 15) is 8.78 Å². The molecule has 0 aromatic heterocycles. The van der Waals surface area contributed by atoms with Crippen molar-refractivity contribution in [1.29, 1.82) is 0 Å². The fourth-order valence-electron chi connectivity index (χ4n) is 1.43. The molecule has 0 aliphatic rings. The number of nitrogens with one attached hydrogen (secondary N) is 1. The number of benzene rings is 1. The molecule has 0 spiro atoms. The van der Waals surface area contributed by atoms with Gasteiger partial charge in [0, 0.05) is 18.0 Å². The van der Waals surface area contributed by atoms with E-state index >= 15 is 0 Å². The summed E-state index contributed by atoms with van der Waals surface area (Å²) in [6.45, 7) is 2.97. The van der Waals surface area contributed by atoms with Crippen LogP contribution in [0.25, 0.3) is 0 Å². The maximum atomic E-state index is 13.2. The first-order valence-electron chi connectivity index (χ1n) is 5.34. The van der Waals surface area contributed by atoms with E-state index in [1.54, 1.807) is 0 Å². The zero-order chi connectivity index (χ0) is 12.0. The summed E-state index contributed by atoms with van der Waals surface area (Å²) < 4.78 is 26.4. The van der Waals surface area contributed by atoms with Gasteiger partial charge < -0.3 is 5.32 Å². The van der Waals surface area contributed by atoms with Crippen molar-refractivity contribution in [3.05, 3.63) is 35.4 Å². The lowest BCUT2D eigenvalue weighted by atomic mass is 10.1. The van der Waals surface area contributed by atoms with Crippen LogP contribution >= 0.6 is 11.6 Å². The van der Waals surface area contributed by atoms with Crippen molar-refractivity contribution in [3.8, 4) is 0 Å². The molecule has 0 saturated heterocycles. The van der Waals surface area contributed by atoms with Crippen molar-refractivity contribution in [1.82, 2.24) is 5.32 Å². The third-order valence-electron chi connectivity index (χ3n) is 2.46. The smallest absolute Gasteiger partial charge is 0.130 e. The minimum atomic E-state index is -0.502. The maximum Gasteiger partial charge on any atom is 0.130 e. The summed E-state index contributed by atoms with van der Waals surface area (Å²) in [5.74, 6) is 0.0130. The van der Waals surface area contributed by atoms with Crippen molar-refractivity contribution >= 4 is 11.6 Å². The lowest BCUT2D eigenvalue weighted by molar-refractivity contribution is 0.481. The summed E-state index contributed by atoms with van der Waals surface area (Å²) in [5, 5.41) is 3.03. The highest BCUT2D eigenvalue weighted by Gasteiger charge is 2.08. The third kappa shape index (κ3) is 4.06. The molecular formula is C12H16ClF2N. The summed E-state index contributed by atoms with van der Waals surface area (Å²) in [7, 11) is 0. The normalized spacial score (nSPS) is 12.8. The predicted molar refractivity (Wildman–Crippen MR) is 62.6 cm³/mol. The minimum Gasteiger partial charge on any atom is -0.312 e. The van der Waals surface area contributed by atoms with Crippen LogP contribution in [0.4, 0.5) is 8.78 Å². The quantitative estimate of drug-likeness (QED) is 0.761. The Morgan fingerprint density at radius 2 is 1.94 bits per heavy atom. The number of rotatable bonds is 6. The monoisotopic (exact) mass is 247 g/mol. The van der Waals surface area contributed by atoms with Crippen LogP contribution in [0.15, 0.2) is 18.2 Å². The van der Waals surface area contributed by atoms with Gasteiger partial charge in [0.05, 0.1) is 0 Å². The molecule has 16 heavy (non-hydrogen) atoms. The fourth-order valence-corrected chi connectivity index (χ4v) is 1.81. The molecule has 0 aliphatic carbocycles. The standard InChI is InChI=1S/C12H16ClF2N/c1-9(5-6-13)7-16-8-10-11(14)3-2-4-12(10)15/h2-4,9,16H,5-8H2,1H3. The van der Waals surface area contributed by atoms with Gasteiger partial charge in [0.1, 0.15) is 11.6 Å². The van der Waals surface area contributed by atoms with Crippen LogP contribution in [-0.2, 0) is 6.54 Å². The van der Waals surface area contributed by atoms with E-state index in [0.717, 1.165) is 6.42 Å². The lowest BCUT2D eigenvalue weighted by Gasteiger charge is -2.11. The van der Waals surface area contributed by atoms with E-state index in [4.69, 9.17) is 11.6 Å². The molecule has 1 rings (SSSR count). The summed E-state index contributed by atoms with van der Waals surface area (Å²) in [4.78, 5) is 0. The Balaban J connectivity index is 2.43. The largest absolute Gasteiger partial charge is 0.312 e. The van der Waals surface area contributed by atoms with E-state index in [2.05, 4.69) is 5.32 Å². The second-order valence-corrected chi connectivity index (χ2v) is 4.29. The molecule has 1 unspecified atom stereocenters. The molecule has 90 valence electrons. The van der Waals surface area contributed by atoms with Crippen LogP contribution in [0.1, 0.15) is 18.9 Å². The van der Waals surface area contributed by atoms with Crippen LogP contribution < -0.4 is 5.32 Å². The average molecular weight is 248 g/mol. The Hall–Kier alpha value is -0.670. The van der Waals surface area contributed by atoms with Crippen molar-refractivity contribution in [2.75, 3.05) is 12.4 Å². The number of halogens is 3. The molecular weight excluding hydrogens is 232 g/mol. The number of hydrogen-bond donors (Lipinski definition) is 1. The van der Waals surface area contributed by atoms with Gasteiger partial charge in [0.15, 0.2) is 0 Å². The third-order valence-corrected chi connectivity index (χ3v) is 2.68. The molecule has 1 aromatic rings. The molecule has 0 bridgehead atoms. The Morgan fingerprint density at radius 1 is 1.31 bits per heavy atom. The van der Waals surface area contributed by atoms with Gasteiger partial charge in [-0.05, 0) is 31.0 Å². The average Bonchev–Trinajstić information content (AvgIpc) is 2.23. The van der Waals surface area contributed by atoms with Crippen molar-refractivity contribution in [3.63, 3.8) is 0 Å². The first-order valence-corrected chi connectivity index (χ1v) is 5.88. The van der Waals surface area contributed by atoms with E-state index in [-0.39, 0.29) is 12.1 Å². The SMILES string of the molecule is CC(CCCl)CNCc1c(F)cccc1F.